The van der Waals surface area contributed by atoms with E-state index in [4.69, 9.17) is 10.5 Å². The van der Waals surface area contributed by atoms with Gasteiger partial charge in [-0.05, 0) is 25.0 Å². The molecule has 1 aliphatic carbocycles. The van der Waals surface area contributed by atoms with Gasteiger partial charge in [-0.1, -0.05) is 0 Å². The molecule has 0 unspecified atom stereocenters. The van der Waals surface area contributed by atoms with Gasteiger partial charge in [0.05, 0.1) is 6.20 Å². The molecule has 0 bridgehead atoms. The predicted molar refractivity (Wildman–Crippen MR) is 58.1 cm³/mol. The number of rotatable bonds is 2. The Kier molecular flexibility index (Phi) is 4.21. The van der Waals surface area contributed by atoms with E-state index >= 15 is 0 Å². The first-order chi connectivity index (χ1) is 7.45. The van der Waals surface area contributed by atoms with Crippen molar-refractivity contribution in [2.24, 2.45) is 5.73 Å². The highest BCUT2D eigenvalue weighted by Crippen LogP contribution is 2.29. The van der Waals surface area contributed by atoms with E-state index in [1.807, 2.05) is 0 Å². The Morgan fingerprint density at radius 3 is 2.35 bits per heavy atom. The Bertz CT molecular complexity index is 363. The molecule has 2 N–H and O–H groups in total. The number of nitrogens with two attached hydrogens (primary N) is 1. The first kappa shape index (κ1) is 14.1. The van der Waals surface area contributed by atoms with Gasteiger partial charge in [0, 0.05) is 6.04 Å². The fourth-order valence-electron chi connectivity index (χ4n) is 1.51. The number of ether oxygens (including phenoxy) is 1. The van der Waals surface area contributed by atoms with Crippen LogP contribution >= 0.6 is 12.4 Å². The SMILES string of the molecule is Cl.NC1CC(Oc2ccc(C(F)(F)F)nc2)C1. The Morgan fingerprint density at radius 2 is 1.94 bits per heavy atom. The van der Waals surface area contributed by atoms with Gasteiger partial charge in [0.15, 0.2) is 0 Å². The molecule has 0 saturated heterocycles. The number of aromatic nitrogens is 1. The Hall–Kier alpha value is -1.01. The molecule has 2 rings (SSSR count). The average Bonchev–Trinajstić information content (AvgIpc) is 2.15. The van der Waals surface area contributed by atoms with Crippen molar-refractivity contribution in [2.75, 3.05) is 0 Å². The maximum Gasteiger partial charge on any atom is 0.433 e. The minimum Gasteiger partial charge on any atom is -0.489 e. The highest BCUT2D eigenvalue weighted by molar-refractivity contribution is 5.85. The zero-order valence-corrected chi connectivity index (χ0v) is 9.59. The summed E-state index contributed by atoms with van der Waals surface area (Å²) >= 11 is 0. The lowest BCUT2D eigenvalue weighted by Crippen LogP contribution is -2.43. The average molecular weight is 269 g/mol. The fourth-order valence-corrected chi connectivity index (χ4v) is 1.51. The summed E-state index contributed by atoms with van der Waals surface area (Å²) in [7, 11) is 0. The minimum atomic E-state index is -4.41. The number of hydrogen-bond donors (Lipinski definition) is 1. The van der Waals surface area contributed by atoms with Crippen LogP contribution in [0.5, 0.6) is 5.75 Å². The number of pyridine rings is 1. The first-order valence-corrected chi connectivity index (χ1v) is 4.90. The summed E-state index contributed by atoms with van der Waals surface area (Å²) in [6.07, 6.45) is -1.83. The van der Waals surface area contributed by atoms with E-state index in [0.717, 1.165) is 25.1 Å². The van der Waals surface area contributed by atoms with Crippen LogP contribution in [0.15, 0.2) is 18.3 Å². The number of halogens is 4. The van der Waals surface area contributed by atoms with Gasteiger partial charge in [0.1, 0.15) is 17.5 Å². The number of hydrogen-bond acceptors (Lipinski definition) is 3. The standard InChI is InChI=1S/C10H11F3N2O.ClH/c11-10(12,13)9-2-1-7(5-15-9)16-8-3-6(14)4-8;/h1-2,5-6,8H,3-4,14H2;1H. The second-order valence-electron chi connectivity index (χ2n) is 3.85. The Balaban J connectivity index is 0.00000144. The highest BCUT2D eigenvalue weighted by atomic mass is 35.5. The third-order valence-corrected chi connectivity index (χ3v) is 2.46. The molecule has 0 aliphatic heterocycles. The molecule has 0 atom stereocenters. The summed E-state index contributed by atoms with van der Waals surface area (Å²) in [6, 6.07) is 2.33. The van der Waals surface area contributed by atoms with Crippen molar-refractivity contribution in [3.63, 3.8) is 0 Å². The molecule has 1 saturated carbocycles. The van der Waals surface area contributed by atoms with Crippen LogP contribution in [0.4, 0.5) is 13.2 Å². The number of alkyl halides is 3. The van der Waals surface area contributed by atoms with Gasteiger partial charge >= 0.3 is 6.18 Å². The van der Waals surface area contributed by atoms with E-state index in [9.17, 15) is 13.2 Å². The van der Waals surface area contributed by atoms with Crippen LogP contribution in [-0.2, 0) is 6.18 Å². The largest absolute Gasteiger partial charge is 0.489 e. The fraction of sp³-hybridized carbons (Fsp3) is 0.500. The maximum absolute atomic E-state index is 12.2. The molecule has 1 heterocycles. The van der Waals surface area contributed by atoms with Gasteiger partial charge in [0.2, 0.25) is 0 Å². The molecule has 3 nitrogen and oxygen atoms in total. The topological polar surface area (TPSA) is 48.1 Å². The quantitative estimate of drug-likeness (QED) is 0.896. The predicted octanol–water partition coefficient (Wildman–Crippen LogP) is 2.39. The smallest absolute Gasteiger partial charge is 0.433 e. The van der Waals surface area contributed by atoms with Crippen molar-refractivity contribution in [3.05, 3.63) is 24.0 Å². The minimum absolute atomic E-state index is 0. The van der Waals surface area contributed by atoms with Crippen molar-refractivity contribution in [1.82, 2.24) is 4.98 Å². The molecule has 1 fully saturated rings. The van der Waals surface area contributed by atoms with Crippen LogP contribution in [0.2, 0.25) is 0 Å². The molecule has 0 amide bonds. The van der Waals surface area contributed by atoms with Crippen LogP contribution < -0.4 is 10.5 Å². The lowest BCUT2D eigenvalue weighted by atomic mass is 9.90. The summed E-state index contributed by atoms with van der Waals surface area (Å²) in [5.41, 5.74) is 4.65. The summed E-state index contributed by atoms with van der Waals surface area (Å²) in [5.74, 6) is 0.352. The van der Waals surface area contributed by atoms with Crippen LogP contribution in [-0.4, -0.2) is 17.1 Å². The van der Waals surface area contributed by atoms with Gasteiger partial charge in [-0.3, -0.25) is 0 Å². The third-order valence-electron chi connectivity index (χ3n) is 2.46. The van der Waals surface area contributed by atoms with Gasteiger partial charge in [-0.15, -0.1) is 12.4 Å². The molecule has 1 aliphatic rings. The van der Waals surface area contributed by atoms with Crippen molar-refractivity contribution in [1.29, 1.82) is 0 Å². The van der Waals surface area contributed by atoms with Gasteiger partial charge in [-0.2, -0.15) is 13.2 Å². The zero-order chi connectivity index (χ0) is 11.8. The molecule has 0 spiro atoms. The summed E-state index contributed by atoms with van der Waals surface area (Å²) in [4.78, 5) is 3.30. The van der Waals surface area contributed by atoms with Crippen molar-refractivity contribution < 1.29 is 17.9 Å². The summed E-state index contributed by atoms with van der Waals surface area (Å²) < 4.78 is 42.0. The van der Waals surface area contributed by atoms with Crippen LogP contribution in [0.3, 0.4) is 0 Å². The summed E-state index contributed by atoms with van der Waals surface area (Å²) in [6.45, 7) is 0. The first-order valence-electron chi connectivity index (χ1n) is 4.90. The van der Waals surface area contributed by atoms with Crippen molar-refractivity contribution in [2.45, 2.75) is 31.2 Å². The van der Waals surface area contributed by atoms with Gasteiger partial charge in [0.25, 0.3) is 0 Å². The molecular formula is C10H12ClF3N2O. The molecule has 7 heteroatoms. The van der Waals surface area contributed by atoms with E-state index in [1.54, 1.807) is 0 Å². The maximum atomic E-state index is 12.2. The van der Waals surface area contributed by atoms with E-state index in [1.165, 1.54) is 6.07 Å². The van der Waals surface area contributed by atoms with E-state index in [0.29, 0.717) is 5.75 Å². The van der Waals surface area contributed by atoms with Gasteiger partial charge < -0.3 is 10.5 Å². The third kappa shape index (κ3) is 3.47. The van der Waals surface area contributed by atoms with E-state index in [2.05, 4.69) is 4.98 Å². The second kappa shape index (κ2) is 5.10. The van der Waals surface area contributed by atoms with E-state index < -0.39 is 11.9 Å². The lowest BCUT2D eigenvalue weighted by molar-refractivity contribution is -0.141. The highest BCUT2D eigenvalue weighted by Gasteiger charge is 2.32. The van der Waals surface area contributed by atoms with Crippen LogP contribution in [0.25, 0.3) is 0 Å². The molecule has 0 aromatic carbocycles. The van der Waals surface area contributed by atoms with Crippen molar-refractivity contribution >= 4 is 12.4 Å². The lowest BCUT2D eigenvalue weighted by Gasteiger charge is -2.32. The van der Waals surface area contributed by atoms with Crippen LogP contribution in [0, 0.1) is 0 Å². The molecule has 1 aromatic heterocycles. The molecule has 0 radical (unpaired) electrons. The monoisotopic (exact) mass is 268 g/mol. The number of nitrogens with zero attached hydrogens (tertiary/aromatic N) is 1. The summed E-state index contributed by atoms with van der Waals surface area (Å²) in [5, 5.41) is 0. The zero-order valence-electron chi connectivity index (χ0n) is 8.78. The van der Waals surface area contributed by atoms with Crippen LogP contribution in [0.1, 0.15) is 18.5 Å². The molecule has 1 aromatic rings. The molecule has 17 heavy (non-hydrogen) atoms. The second-order valence-corrected chi connectivity index (χ2v) is 3.85. The molecular weight excluding hydrogens is 257 g/mol. The Labute approximate surface area is 103 Å². The Morgan fingerprint density at radius 1 is 1.29 bits per heavy atom. The normalized spacial score (nSPS) is 23.5. The molecule has 96 valence electrons. The van der Waals surface area contributed by atoms with Crippen molar-refractivity contribution in [3.8, 4) is 5.75 Å². The van der Waals surface area contributed by atoms with E-state index in [-0.39, 0.29) is 24.6 Å². The van der Waals surface area contributed by atoms with Gasteiger partial charge in [-0.25, -0.2) is 4.98 Å².